The average Bonchev–Trinajstić information content (AvgIpc) is 2.27. The van der Waals surface area contributed by atoms with Crippen LogP contribution >= 0.6 is 0 Å². The largest absolute Gasteiger partial charge is 0.403 e. The van der Waals surface area contributed by atoms with Crippen molar-refractivity contribution in [3.8, 4) is 0 Å². The number of carbonyl (C=O) groups is 1. The van der Waals surface area contributed by atoms with Gasteiger partial charge in [0.2, 0.25) is 5.91 Å². The van der Waals surface area contributed by atoms with Crippen molar-refractivity contribution in [1.29, 1.82) is 0 Å². The van der Waals surface area contributed by atoms with Crippen molar-refractivity contribution in [3.63, 3.8) is 0 Å². The molecular weight excluding hydrogens is 257 g/mol. The van der Waals surface area contributed by atoms with Crippen LogP contribution in [0.25, 0.3) is 0 Å². The summed E-state index contributed by atoms with van der Waals surface area (Å²) in [5.74, 6) is 0.264. The Morgan fingerprint density at radius 3 is 2.63 bits per heavy atom. The first-order valence-corrected chi connectivity index (χ1v) is 6.88. The van der Waals surface area contributed by atoms with Gasteiger partial charge < -0.3 is 10.6 Å². The van der Waals surface area contributed by atoms with Crippen LogP contribution in [-0.4, -0.2) is 30.7 Å². The van der Waals surface area contributed by atoms with E-state index in [0.29, 0.717) is 31.7 Å². The highest BCUT2D eigenvalue weighted by Gasteiger charge is 2.41. The van der Waals surface area contributed by atoms with Crippen molar-refractivity contribution in [2.24, 2.45) is 5.92 Å². The fraction of sp³-hybridized carbons (Fsp3) is 0.923. The fourth-order valence-electron chi connectivity index (χ4n) is 2.33. The molecule has 2 N–H and O–H groups in total. The van der Waals surface area contributed by atoms with Crippen LogP contribution in [0.2, 0.25) is 0 Å². The van der Waals surface area contributed by atoms with Gasteiger partial charge in [-0.1, -0.05) is 20.3 Å². The van der Waals surface area contributed by atoms with Crippen LogP contribution in [-0.2, 0) is 4.79 Å². The number of nitrogens with one attached hydrogen (secondary N) is 2. The molecule has 1 aliphatic rings. The fourth-order valence-corrected chi connectivity index (χ4v) is 2.33. The van der Waals surface area contributed by atoms with Gasteiger partial charge in [0.05, 0.1) is 0 Å². The van der Waals surface area contributed by atoms with E-state index in [1.165, 1.54) is 0 Å². The van der Waals surface area contributed by atoms with Gasteiger partial charge in [-0.3, -0.25) is 4.79 Å². The zero-order valence-electron chi connectivity index (χ0n) is 11.5. The van der Waals surface area contributed by atoms with E-state index < -0.39 is 12.2 Å². The summed E-state index contributed by atoms with van der Waals surface area (Å²) in [7, 11) is 0. The normalized spacial score (nSPS) is 24.5. The molecule has 3 nitrogen and oxygen atoms in total. The van der Waals surface area contributed by atoms with Crippen molar-refractivity contribution in [2.45, 2.75) is 64.2 Å². The number of alkyl halides is 3. The topological polar surface area (TPSA) is 41.1 Å². The van der Waals surface area contributed by atoms with E-state index >= 15 is 0 Å². The minimum atomic E-state index is -4.17. The molecule has 0 bridgehead atoms. The number of hydrogen-bond donors (Lipinski definition) is 2. The van der Waals surface area contributed by atoms with Crippen LogP contribution in [0.5, 0.6) is 0 Å². The molecule has 1 aliphatic heterocycles. The highest BCUT2D eigenvalue weighted by atomic mass is 19.4. The first-order chi connectivity index (χ1) is 8.79. The lowest BCUT2D eigenvalue weighted by molar-refractivity contribution is -0.163. The predicted molar refractivity (Wildman–Crippen MR) is 67.7 cm³/mol. The van der Waals surface area contributed by atoms with Gasteiger partial charge >= 0.3 is 6.18 Å². The van der Waals surface area contributed by atoms with Crippen LogP contribution in [0.3, 0.4) is 0 Å². The van der Waals surface area contributed by atoms with E-state index in [0.717, 1.165) is 6.42 Å². The van der Waals surface area contributed by atoms with E-state index in [1.54, 1.807) is 0 Å². The molecule has 0 aromatic heterocycles. The van der Waals surface area contributed by atoms with Crippen molar-refractivity contribution < 1.29 is 18.0 Å². The Balaban J connectivity index is 2.24. The van der Waals surface area contributed by atoms with Crippen LogP contribution < -0.4 is 10.6 Å². The highest BCUT2D eigenvalue weighted by Crippen LogP contribution is 2.28. The number of hydrogen-bond acceptors (Lipinski definition) is 2. The molecule has 0 aromatic carbocycles. The number of halogens is 3. The van der Waals surface area contributed by atoms with Gasteiger partial charge in [-0.05, 0) is 25.2 Å². The molecule has 1 heterocycles. The molecule has 1 rings (SSSR count). The zero-order chi connectivity index (χ0) is 14.5. The lowest BCUT2D eigenvalue weighted by Crippen LogP contribution is -2.51. The molecule has 6 heteroatoms. The molecule has 0 saturated carbocycles. The summed E-state index contributed by atoms with van der Waals surface area (Å²) in [5, 5.41) is 5.39. The maximum absolute atomic E-state index is 12.6. The first-order valence-electron chi connectivity index (χ1n) is 6.88. The smallest absolute Gasteiger partial charge is 0.356 e. The summed E-state index contributed by atoms with van der Waals surface area (Å²) < 4.78 is 37.7. The minimum Gasteiger partial charge on any atom is -0.356 e. The van der Waals surface area contributed by atoms with Gasteiger partial charge in [-0.15, -0.1) is 0 Å². The van der Waals surface area contributed by atoms with Gasteiger partial charge in [0.25, 0.3) is 0 Å². The van der Waals surface area contributed by atoms with Crippen molar-refractivity contribution in [3.05, 3.63) is 0 Å². The van der Waals surface area contributed by atoms with Gasteiger partial charge in [0, 0.05) is 19.0 Å². The average molecular weight is 280 g/mol. The van der Waals surface area contributed by atoms with Gasteiger partial charge in [-0.2, -0.15) is 13.2 Å². The van der Waals surface area contributed by atoms with E-state index in [9.17, 15) is 18.0 Å². The van der Waals surface area contributed by atoms with Gasteiger partial charge in [-0.25, -0.2) is 0 Å². The van der Waals surface area contributed by atoms with E-state index in [2.05, 4.69) is 10.6 Å². The van der Waals surface area contributed by atoms with Crippen LogP contribution in [0.15, 0.2) is 0 Å². The Morgan fingerprint density at radius 1 is 1.37 bits per heavy atom. The molecule has 2 unspecified atom stereocenters. The summed E-state index contributed by atoms with van der Waals surface area (Å²) in [6, 6.07) is -1.54. The van der Waals surface area contributed by atoms with Crippen LogP contribution in [0.4, 0.5) is 13.2 Å². The molecule has 1 saturated heterocycles. The lowest BCUT2D eigenvalue weighted by atomic mass is 9.96. The minimum absolute atomic E-state index is 0.0295. The third kappa shape index (κ3) is 6.27. The first kappa shape index (κ1) is 16.3. The monoisotopic (exact) mass is 280 g/mol. The lowest BCUT2D eigenvalue weighted by Gasteiger charge is -2.32. The standard InChI is InChI=1S/C13H23F3N2O/c1-9(2)8-12(19)17-7-6-10-4-3-5-11(18-10)13(14,15)16/h9-11,18H,3-8H2,1-2H3,(H,17,19). The van der Waals surface area contributed by atoms with Crippen molar-refractivity contribution in [1.82, 2.24) is 10.6 Å². The molecule has 0 aliphatic carbocycles. The van der Waals surface area contributed by atoms with Crippen LogP contribution in [0, 0.1) is 5.92 Å². The third-order valence-electron chi connectivity index (χ3n) is 3.29. The molecule has 0 spiro atoms. The third-order valence-corrected chi connectivity index (χ3v) is 3.29. The van der Waals surface area contributed by atoms with Crippen molar-refractivity contribution in [2.75, 3.05) is 6.54 Å². The van der Waals surface area contributed by atoms with Gasteiger partial charge in [0.1, 0.15) is 6.04 Å². The van der Waals surface area contributed by atoms with Crippen molar-refractivity contribution >= 4 is 5.91 Å². The molecular formula is C13H23F3N2O. The van der Waals surface area contributed by atoms with E-state index in [1.807, 2.05) is 13.8 Å². The Hall–Kier alpha value is -0.780. The number of carbonyl (C=O) groups excluding carboxylic acids is 1. The summed E-state index contributed by atoms with van der Waals surface area (Å²) in [6.45, 7) is 4.35. The summed E-state index contributed by atoms with van der Waals surface area (Å²) in [5.41, 5.74) is 0. The van der Waals surface area contributed by atoms with Gasteiger partial charge in [0.15, 0.2) is 0 Å². The maximum atomic E-state index is 12.6. The Labute approximate surface area is 112 Å². The Morgan fingerprint density at radius 2 is 2.05 bits per heavy atom. The van der Waals surface area contributed by atoms with E-state index in [4.69, 9.17) is 0 Å². The molecule has 1 fully saturated rings. The molecule has 1 amide bonds. The SMILES string of the molecule is CC(C)CC(=O)NCCC1CCCC(C(F)(F)F)N1. The zero-order valence-corrected chi connectivity index (χ0v) is 11.5. The number of piperidine rings is 1. The summed E-state index contributed by atoms with van der Waals surface area (Å²) in [6.07, 6.45) is -1.67. The Kier molecular flexibility index (Phi) is 6.10. The second kappa shape index (κ2) is 7.12. The second-order valence-electron chi connectivity index (χ2n) is 5.63. The predicted octanol–water partition coefficient (Wildman–Crippen LogP) is 2.61. The molecule has 0 radical (unpaired) electrons. The Bertz CT molecular complexity index is 292. The van der Waals surface area contributed by atoms with E-state index in [-0.39, 0.29) is 18.4 Å². The summed E-state index contributed by atoms with van der Waals surface area (Å²) >= 11 is 0. The second-order valence-corrected chi connectivity index (χ2v) is 5.63. The molecule has 2 atom stereocenters. The molecule has 0 aromatic rings. The number of rotatable bonds is 5. The molecule has 112 valence electrons. The summed E-state index contributed by atoms with van der Waals surface area (Å²) in [4.78, 5) is 11.4. The maximum Gasteiger partial charge on any atom is 0.403 e. The highest BCUT2D eigenvalue weighted by molar-refractivity contribution is 5.75. The number of amides is 1. The molecule has 19 heavy (non-hydrogen) atoms. The quantitative estimate of drug-likeness (QED) is 0.813. The van der Waals surface area contributed by atoms with Crippen LogP contribution in [0.1, 0.15) is 46.0 Å².